The molecule has 0 bridgehead atoms. The number of hydrogen-bond acceptors (Lipinski definition) is 2. The quantitative estimate of drug-likeness (QED) is 0.876. The topological polar surface area (TPSA) is 51.1 Å². The lowest BCUT2D eigenvalue weighted by Gasteiger charge is -2.12. The minimum atomic E-state index is -0.561. The average Bonchev–Trinajstić information content (AvgIpc) is 2.76. The van der Waals surface area contributed by atoms with Crippen LogP contribution < -0.4 is 5.32 Å². The Bertz CT molecular complexity index is 830. The van der Waals surface area contributed by atoms with Crippen LogP contribution in [0.5, 0.6) is 0 Å². The van der Waals surface area contributed by atoms with E-state index in [2.05, 4.69) is 5.32 Å². The maximum Gasteiger partial charge on any atom is 0.272 e. The Balaban J connectivity index is 1.98. The van der Waals surface area contributed by atoms with Gasteiger partial charge >= 0.3 is 0 Å². The number of ketones is 1. The molecule has 0 saturated carbocycles. The molecule has 1 amide bonds. The molecule has 1 N–H and O–H groups in total. The van der Waals surface area contributed by atoms with Crippen molar-refractivity contribution in [3.63, 3.8) is 0 Å². The maximum absolute atomic E-state index is 13.2. The van der Waals surface area contributed by atoms with Crippen LogP contribution in [0, 0.1) is 5.82 Å². The number of carbonyl (C=O) groups is 2. The molecule has 2 aromatic rings. The second kappa shape index (κ2) is 5.98. The molecule has 0 saturated heterocycles. The summed E-state index contributed by atoms with van der Waals surface area (Å²) in [6, 6.07) is 3.92. The number of aromatic nitrogens is 1. The van der Waals surface area contributed by atoms with Crippen LogP contribution in [-0.4, -0.2) is 16.3 Å². The van der Waals surface area contributed by atoms with E-state index < -0.39 is 11.7 Å². The van der Waals surface area contributed by atoms with Crippen LogP contribution in [-0.2, 0) is 13.5 Å². The molecule has 1 aromatic carbocycles. The first-order chi connectivity index (χ1) is 10.9. The van der Waals surface area contributed by atoms with Crippen LogP contribution in [0.3, 0.4) is 0 Å². The molecular weight excluding hydrogens is 342 g/mol. The number of amides is 1. The van der Waals surface area contributed by atoms with Crippen molar-refractivity contribution in [1.29, 1.82) is 0 Å². The van der Waals surface area contributed by atoms with Gasteiger partial charge in [0.1, 0.15) is 16.7 Å². The zero-order valence-corrected chi connectivity index (χ0v) is 13.8. The number of rotatable bonds is 2. The number of benzene rings is 1. The van der Waals surface area contributed by atoms with Crippen molar-refractivity contribution in [2.45, 2.75) is 19.3 Å². The number of fused-ring (bicyclic) bond motifs is 1. The lowest BCUT2D eigenvalue weighted by atomic mass is 9.92. The van der Waals surface area contributed by atoms with Gasteiger partial charge in [-0.05, 0) is 36.6 Å². The molecule has 7 heteroatoms. The van der Waals surface area contributed by atoms with Gasteiger partial charge < -0.3 is 9.88 Å². The Kier molecular flexibility index (Phi) is 4.17. The van der Waals surface area contributed by atoms with Gasteiger partial charge in [0.15, 0.2) is 5.78 Å². The van der Waals surface area contributed by atoms with Crippen LogP contribution in [0.1, 0.15) is 39.3 Å². The molecule has 0 aliphatic heterocycles. The summed E-state index contributed by atoms with van der Waals surface area (Å²) in [7, 11) is 1.64. The fourth-order valence-corrected chi connectivity index (χ4v) is 3.33. The van der Waals surface area contributed by atoms with E-state index in [1.165, 1.54) is 22.8 Å². The Morgan fingerprint density at radius 2 is 2.04 bits per heavy atom. The first-order valence-electron chi connectivity index (χ1n) is 7.06. The number of anilines is 1. The molecule has 4 nitrogen and oxygen atoms in total. The lowest BCUT2D eigenvalue weighted by Crippen LogP contribution is -2.19. The summed E-state index contributed by atoms with van der Waals surface area (Å²) in [6.07, 6.45) is 1.74. The number of nitrogens with one attached hydrogen (secondary N) is 1. The average molecular weight is 355 g/mol. The molecule has 0 radical (unpaired) electrons. The third-order valence-electron chi connectivity index (χ3n) is 3.93. The zero-order chi connectivity index (χ0) is 16.7. The van der Waals surface area contributed by atoms with E-state index in [9.17, 15) is 14.0 Å². The summed E-state index contributed by atoms with van der Waals surface area (Å²) in [5.41, 5.74) is 1.82. The van der Waals surface area contributed by atoms with Gasteiger partial charge in [-0.3, -0.25) is 9.59 Å². The molecular formula is C16H13Cl2FN2O2. The van der Waals surface area contributed by atoms with E-state index in [1.54, 1.807) is 7.05 Å². The molecule has 0 fully saturated rings. The van der Waals surface area contributed by atoms with Gasteiger partial charge in [0.05, 0.1) is 10.6 Å². The molecule has 3 rings (SSSR count). The molecule has 1 aromatic heterocycles. The van der Waals surface area contributed by atoms with Crippen LogP contribution in [0.4, 0.5) is 10.1 Å². The van der Waals surface area contributed by atoms with Crippen LogP contribution >= 0.6 is 23.2 Å². The van der Waals surface area contributed by atoms with Crippen molar-refractivity contribution in [2.24, 2.45) is 7.05 Å². The largest absolute Gasteiger partial charge is 0.330 e. The summed E-state index contributed by atoms with van der Waals surface area (Å²) < 4.78 is 14.7. The molecule has 0 unspecified atom stereocenters. The number of hydrogen-bond donors (Lipinski definition) is 1. The third-order valence-corrected chi connectivity index (χ3v) is 4.66. The van der Waals surface area contributed by atoms with Crippen LogP contribution in [0.15, 0.2) is 18.2 Å². The fourth-order valence-electron chi connectivity index (χ4n) is 2.84. The molecule has 0 spiro atoms. The SMILES string of the molecule is Cn1c(Cl)c2c(c1C(=O)Nc1ccc(F)c(Cl)c1)CCCC2=O. The molecule has 1 aliphatic carbocycles. The van der Waals surface area contributed by atoms with Crippen molar-refractivity contribution in [3.8, 4) is 0 Å². The highest BCUT2D eigenvalue weighted by Crippen LogP contribution is 2.33. The first-order valence-corrected chi connectivity index (χ1v) is 7.82. The van der Waals surface area contributed by atoms with E-state index in [0.717, 1.165) is 0 Å². The highest BCUT2D eigenvalue weighted by Gasteiger charge is 2.30. The van der Waals surface area contributed by atoms with Gasteiger partial charge in [-0.15, -0.1) is 0 Å². The van der Waals surface area contributed by atoms with Crippen molar-refractivity contribution in [3.05, 3.63) is 51.0 Å². The number of nitrogens with zero attached hydrogens (tertiary/aromatic N) is 1. The Morgan fingerprint density at radius 3 is 2.74 bits per heavy atom. The minimum Gasteiger partial charge on any atom is -0.330 e. The predicted molar refractivity (Wildman–Crippen MR) is 87.1 cm³/mol. The minimum absolute atomic E-state index is 0.0456. The van der Waals surface area contributed by atoms with E-state index in [0.29, 0.717) is 41.8 Å². The second-order valence-electron chi connectivity index (χ2n) is 5.41. The third kappa shape index (κ3) is 2.75. The van der Waals surface area contributed by atoms with Gasteiger partial charge in [0, 0.05) is 19.2 Å². The van der Waals surface area contributed by atoms with Crippen molar-refractivity contribution < 1.29 is 14.0 Å². The summed E-state index contributed by atoms with van der Waals surface area (Å²) in [4.78, 5) is 24.6. The van der Waals surface area contributed by atoms with E-state index in [4.69, 9.17) is 23.2 Å². The molecule has 1 heterocycles. The number of carbonyl (C=O) groups excluding carboxylic acids is 2. The first kappa shape index (κ1) is 16.0. The second-order valence-corrected chi connectivity index (χ2v) is 6.18. The molecule has 0 atom stereocenters. The Hall–Kier alpha value is -1.85. The summed E-state index contributed by atoms with van der Waals surface area (Å²) in [6.45, 7) is 0. The normalized spacial score (nSPS) is 13.8. The van der Waals surface area contributed by atoms with E-state index >= 15 is 0 Å². The molecule has 1 aliphatic rings. The maximum atomic E-state index is 13.2. The van der Waals surface area contributed by atoms with E-state index in [1.807, 2.05) is 0 Å². The van der Waals surface area contributed by atoms with Gasteiger partial charge in [-0.2, -0.15) is 0 Å². The van der Waals surface area contributed by atoms with Crippen molar-refractivity contribution >= 4 is 40.6 Å². The van der Waals surface area contributed by atoms with Crippen LogP contribution in [0.2, 0.25) is 10.2 Å². The summed E-state index contributed by atoms with van der Waals surface area (Å²) >= 11 is 11.9. The highest BCUT2D eigenvalue weighted by atomic mass is 35.5. The molecule has 23 heavy (non-hydrogen) atoms. The predicted octanol–water partition coefficient (Wildman–Crippen LogP) is 4.24. The van der Waals surface area contributed by atoms with Crippen LogP contribution in [0.25, 0.3) is 0 Å². The smallest absolute Gasteiger partial charge is 0.272 e. The number of Topliss-reactive ketones (excluding diaryl/α,β-unsaturated/α-hetero) is 1. The number of halogens is 3. The fraction of sp³-hybridized carbons (Fsp3) is 0.250. The van der Waals surface area contributed by atoms with Gasteiger partial charge in [-0.1, -0.05) is 23.2 Å². The Morgan fingerprint density at radius 1 is 1.30 bits per heavy atom. The summed E-state index contributed by atoms with van der Waals surface area (Å²) in [5, 5.41) is 2.86. The monoisotopic (exact) mass is 354 g/mol. The Labute approximate surface area is 142 Å². The zero-order valence-electron chi connectivity index (χ0n) is 12.3. The van der Waals surface area contributed by atoms with Gasteiger partial charge in [0.25, 0.3) is 5.91 Å². The standard InChI is InChI=1S/C16H13Cl2FN2O2/c1-21-14(9-3-2-4-12(22)13(9)15(21)18)16(23)20-8-5-6-11(19)10(17)7-8/h5-7H,2-4H2,1H3,(H,20,23). The molecule has 120 valence electrons. The van der Waals surface area contributed by atoms with E-state index in [-0.39, 0.29) is 16.0 Å². The van der Waals surface area contributed by atoms with Gasteiger partial charge in [-0.25, -0.2) is 4.39 Å². The van der Waals surface area contributed by atoms with Crippen molar-refractivity contribution in [2.75, 3.05) is 5.32 Å². The highest BCUT2D eigenvalue weighted by molar-refractivity contribution is 6.34. The van der Waals surface area contributed by atoms with Gasteiger partial charge in [0.2, 0.25) is 0 Å². The van der Waals surface area contributed by atoms with Crippen molar-refractivity contribution in [1.82, 2.24) is 4.57 Å². The summed E-state index contributed by atoms with van der Waals surface area (Å²) in [5.74, 6) is -1.02. The lowest BCUT2D eigenvalue weighted by molar-refractivity contribution is 0.0973.